The van der Waals surface area contributed by atoms with Gasteiger partial charge in [0.15, 0.2) is 0 Å². The minimum Gasteiger partial charge on any atom is -0.325 e. The number of hydrogen-bond donors (Lipinski definition) is 1. The van der Waals surface area contributed by atoms with Crippen LogP contribution in [0.15, 0.2) is 42.5 Å². The minimum atomic E-state index is -0.596. The van der Waals surface area contributed by atoms with E-state index in [2.05, 4.69) is 5.32 Å². The molecular formula is C16H11Cl2IN2O2. The van der Waals surface area contributed by atoms with Crippen molar-refractivity contribution in [3.05, 3.63) is 61.6 Å². The summed E-state index contributed by atoms with van der Waals surface area (Å²) in [6, 6.07) is 11.6. The molecule has 1 unspecified atom stereocenters. The molecule has 2 aromatic carbocycles. The predicted octanol–water partition coefficient (Wildman–Crippen LogP) is 4.27. The number of nitrogens with zero attached hydrogens (tertiary/aromatic N) is 1. The molecule has 1 atom stereocenters. The Morgan fingerprint density at radius 2 is 1.70 bits per heavy atom. The molecule has 1 N–H and O–H groups in total. The highest BCUT2D eigenvalue weighted by molar-refractivity contribution is 14.1. The van der Waals surface area contributed by atoms with E-state index in [1.807, 2.05) is 52.9 Å². The third-order valence-corrected chi connectivity index (χ3v) is 5.92. The zero-order valence-electron chi connectivity index (χ0n) is 11.7. The molecule has 0 aromatic heterocycles. The average Bonchev–Trinajstić information content (AvgIpc) is 2.79. The van der Waals surface area contributed by atoms with Crippen LogP contribution in [-0.4, -0.2) is 18.0 Å². The van der Waals surface area contributed by atoms with Gasteiger partial charge in [-0.1, -0.05) is 53.5 Å². The van der Waals surface area contributed by atoms with Crippen LogP contribution < -0.4 is 10.2 Å². The summed E-state index contributed by atoms with van der Waals surface area (Å²) >= 11 is 14.2. The summed E-state index contributed by atoms with van der Waals surface area (Å²) in [5.41, 5.74) is 1.35. The molecule has 1 heterocycles. The first-order valence-corrected chi connectivity index (χ1v) is 8.64. The van der Waals surface area contributed by atoms with Crippen LogP contribution in [0, 0.1) is 3.57 Å². The fraction of sp³-hybridized carbons (Fsp3) is 0.125. The van der Waals surface area contributed by atoms with Crippen LogP contribution >= 0.6 is 45.8 Å². The first kappa shape index (κ1) is 16.5. The number of nitrogens with one attached hydrogen (secondary N) is 1. The Kier molecular flexibility index (Phi) is 4.79. The topological polar surface area (TPSA) is 49.4 Å². The van der Waals surface area contributed by atoms with Crippen LogP contribution in [0.2, 0.25) is 10.0 Å². The summed E-state index contributed by atoms with van der Waals surface area (Å²) in [7, 11) is 0. The average molecular weight is 461 g/mol. The molecule has 7 heteroatoms. The molecule has 0 aliphatic carbocycles. The lowest BCUT2D eigenvalue weighted by Crippen LogP contribution is -2.32. The van der Waals surface area contributed by atoms with Gasteiger partial charge < -0.3 is 5.32 Å². The summed E-state index contributed by atoms with van der Waals surface area (Å²) in [4.78, 5) is 25.9. The van der Waals surface area contributed by atoms with E-state index < -0.39 is 12.1 Å². The molecule has 0 spiro atoms. The number of anilines is 1. The molecule has 3 amide bonds. The highest BCUT2D eigenvalue weighted by Gasteiger charge is 2.39. The Bertz CT molecular complexity index is 760. The van der Waals surface area contributed by atoms with E-state index >= 15 is 0 Å². The third kappa shape index (κ3) is 3.32. The van der Waals surface area contributed by atoms with E-state index in [0.717, 1.165) is 10.5 Å². The van der Waals surface area contributed by atoms with E-state index in [4.69, 9.17) is 23.2 Å². The molecule has 118 valence electrons. The predicted molar refractivity (Wildman–Crippen MR) is 99.1 cm³/mol. The van der Waals surface area contributed by atoms with Crippen molar-refractivity contribution in [3.8, 4) is 0 Å². The van der Waals surface area contributed by atoms with Crippen molar-refractivity contribution in [3.63, 3.8) is 0 Å². The second kappa shape index (κ2) is 6.67. The number of hydrogen-bond acceptors (Lipinski definition) is 2. The maximum absolute atomic E-state index is 12.6. The van der Waals surface area contributed by atoms with Crippen molar-refractivity contribution < 1.29 is 9.59 Å². The smallest absolute Gasteiger partial charge is 0.325 e. The third-order valence-electron chi connectivity index (χ3n) is 3.53. The van der Waals surface area contributed by atoms with Gasteiger partial charge in [0.2, 0.25) is 0 Å². The van der Waals surface area contributed by atoms with E-state index in [9.17, 15) is 9.59 Å². The highest BCUT2D eigenvalue weighted by atomic mass is 127. The minimum absolute atomic E-state index is 0.313. The molecule has 0 saturated carbocycles. The molecule has 1 saturated heterocycles. The van der Waals surface area contributed by atoms with E-state index in [1.54, 1.807) is 12.1 Å². The van der Waals surface area contributed by atoms with Gasteiger partial charge in [-0.2, -0.15) is 0 Å². The Morgan fingerprint density at radius 1 is 1.09 bits per heavy atom. The fourth-order valence-corrected chi connectivity index (χ4v) is 3.22. The van der Waals surface area contributed by atoms with Crippen molar-refractivity contribution in [1.29, 1.82) is 0 Å². The first-order valence-electron chi connectivity index (χ1n) is 6.80. The highest BCUT2D eigenvalue weighted by Crippen LogP contribution is 2.33. The van der Waals surface area contributed by atoms with Crippen molar-refractivity contribution in [2.45, 2.75) is 12.5 Å². The van der Waals surface area contributed by atoms with Crippen molar-refractivity contribution in [1.82, 2.24) is 5.32 Å². The Hall–Kier alpha value is -1.31. The lowest BCUT2D eigenvalue weighted by Gasteiger charge is -2.15. The number of halogens is 3. The number of carbonyl (C=O) groups excluding carboxylic acids is 2. The summed E-state index contributed by atoms with van der Waals surface area (Å²) in [5, 5.41) is 3.51. The maximum atomic E-state index is 12.6. The van der Waals surface area contributed by atoms with Gasteiger partial charge in [-0.3, -0.25) is 4.79 Å². The molecule has 1 aliphatic rings. The molecule has 3 rings (SSSR count). The van der Waals surface area contributed by atoms with E-state index in [0.29, 0.717) is 25.7 Å². The molecular weight excluding hydrogens is 450 g/mol. The first-order chi connectivity index (χ1) is 11.0. The lowest BCUT2D eigenvalue weighted by molar-refractivity contribution is -0.118. The second-order valence-corrected chi connectivity index (χ2v) is 6.98. The Balaban J connectivity index is 1.87. The summed E-state index contributed by atoms with van der Waals surface area (Å²) in [6.45, 7) is 0. The van der Waals surface area contributed by atoms with Gasteiger partial charge in [0.25, 0.3) is 5.91 Å². The van der Waals surface area contributed by atoms with Crippen LogP contribution in [0.3, 0.4) is 0 Å². The fourth-order valence-electron chi connectivity index (χ4n) is 2.44. The monoisotopic (exact) mass is 460 g/mol. The Morgan fingerprint density at radius 3 is 2.30 bits per heavy atom. The maximum Gasteiger partial charge on any atom is 0.329 e. The van der Waals surface area contributed by atoms with Gasteiger partial charge >= 0.3 is 6.03 Å². The molecule has 0 bridgehead atoms. The van der Waals surface area contributed by atoms with Gasteiger partial charge in [-0.05, 0) is 40.3 Å². The summed E-state index contributed by atoms with van der Waals surface area (Å²) in [5.74, 6) is -0.313. The quantitative estimate of drug-likeness (QED) is 0.422. The van der Waals surface area contributed by atoms with Crippen LogP contribution in [0.4, 0.5) is 10.5 Å². The van der Waals surface area contributed by atoms with Gasteiger partial charge in [-0.25, -0.2) is 9.69 Å². The number of imide groups is 1. The summed E-state index contributed by atoms with van der Waals surface area (Å²) < 4.78 is 0.683. The van der Waals surface area contributed by atoms with Crippen LogP contribution in [0.5, 0.6) is 0 Å². The van der Waals surface area contributed by atoms with Crippen molar-refractivity contribution in [2.75, 3.05) is 4.90 Å². The summed E-state index contributed by atoms with van der Waals surface area (Å²) in [6.07, 6.45) is 0.438. The number of urea groups is 1. The molecule has 0 radical (unpaired) electrons. The lowest BCUT2D eigenvalue weighted by atomic mass is 10.1. The van der Waals surface area contributed by atoms with Gasteiger partial charge in [0, 0.05) is 6.42 Å². The molecule has 1 aliphatic heterocycles. The zero-order chi connectivity index (χ0) is 16.6. The number of amides is 3. The van der Waals surface area contributed by atoms with Crippen LogP contribution in [0.1, 0.15) is 5.56 Å². The molecule has 23 heavy (non-hydrogen) atoms. The van der Waals surface area contributed by atoms with Crippen LogP contribution in [-0.2, 0) is 11.2 Å². The number of rotatable bonds is 3. The van der Waals surface area contributed by atoms with Crippen LogP contribution in [0.25, 0.3) is 0 Å². The molecule has 4 nitrogen and oxygen atoms in total. The van der Waals surface area contributed by atoms with Gasteiger partial charge in [0.1, 0.15) is 6.04 Å². The number of benzene rings is 2. The largest absolute Gasteiger partial charge is 0.329 e. The van der Waals surface area contributed by atoms with Gasteiger partial charge in [-0.15, -0.1) is 0 Å². The standard InChI is InChI=1S/C16H11Cl2IN2O2/c17-11-7-10(8-12(18)14(11)19)21-15(22)13(20-16(21)23)6-9-4-2-1-3-5-9/h1-5,7-8,13H,6H2,(H,20,23). The molecule has 2 aromatic rings. The van der Waals surface area contributed by atoms with E-state index in [-0.39, 0.29) is 5.91 Å². The number of carbonyl (C=O) groups is 2. The zero-order valence-corrected chi connectivity index (χ0v) is 15.4. The SMILES string of the molecule is O=C1NC(Cc2ccccc2)C(=O)N1c1cc(Cl)c(I)c(Cl)c1. The van der Waals surface area contributed by atoms with Crippen molar-refractivity contribution in [2.24, 2.45) is 0 Å². The van der Waals surface area contributed by atoms with Crippen molar-refractivity contribution >= 4 is 63.4 Å². The van der Waals surface area contributed by atoms with Gasteiger partial charge in [0.05, 0.1) is 19.3 Å². The normalized spacial score (nSPS) is 17.5. The molecule has 1 fully saturated rings. The van der Waals surface area contributed by atoms with E-state index in [1.165, 1.54) is 0 Å². The Labute approximate surface area is 156 Å². The second-order valence-electron chi connectivity index (χ2n) is 5.09.